The molecule has 0 saturated carbocycles. The summed E-state index contributed by atoms with van der Waals surface area (Å²) in [6, 6.07) is 7.01. The molecule has 0 spiro atoms. The minimum Gasteiger partial charge on any atom is -0.337 e. The molecule has 31 heavy (non-hydrogen) atoms. The highest BCUT2D eigenvalue weighted by atomic mass is 19.1. The first-order valence-corrected chi connectivity index (χ1v) is 10.0. The fraction of sp³-hybridized carbons (Fsp3) is 0.261. The number of hydrogen-bond donors (Lipinski definition) is 0. The second-order valence-electron chi connectivity index (χ2n) is 7.58. The zero-order valence-corrected chi connectivity index (χ0v) is 17.1. The number of carbonyl (C=O) groups is 2. The Morgan fingerprint density at radius 2 is 1.94 bits per heavy atom. The van der Waals surface area contributed by atoms with Gasteiger partial charge in [0.1, 0.15) is 17.3 Å². The number of hydrogen-bond acceptors (Lipinski definition) is 3. The lowest BCUT2D eigenvalue weighted by molar-refractivity contribution is -0.131. The van der Waals surface area contributed by atoms with Gasteiger partial charge in [-0.15, -0.1) is 0 Å². The van der Waals surface area contributed by atoms with Crippen LogP contribution < -0.4 is 0 Å². The molecule has 1 fully saturated rings. The van der Waals surface area contributed by atoms with Gasteiger partial charge in [-0.05, 0) is 42.3 Å². The van der Waals surface area contributed by atoms with E-state index in [4.69, 9.17) is 0 Å². The Balaban J connectivity index is 1.41. The van der Waals surface area contributed by atoms with Gasteiger partial charge in [0.05, 0.1) is 12.2 Å². The first-order chi connectivity index (χ1) is 14.9. The standard InChI is InChI=1S/C23H22F2N4O2/c1-16-3-2-7-29-15-20(26-23(16)29)14-28-10-9-27(8-6-22(28)31)21(30)5-4-17-11-18(24)13-19(25)12-17/h2-5,7,11-13,15H,6,8-10,14H2,1H3. The van der Waals surface area contributed by atoms with Crippen molar-refractivity contribution in [3.05, 3.63) is 77.3 Å². The maximum Gasteiger partial charge on any atom is 0.246 e. The Labute approximate surface area is 178 Å². The molecule has 0 atom stereocenters. The van der Waals surface area contributed by atoms with Gasteiger partial charge in [0.15, 0.2) is 0 Å². The van der Waals surface area contributed by atoms with Gasteiger partial charge in [-0.3, -0.25) is 9.59 Å². The normalized spacial score (nSPS) is 15.1. The SMILES string of the molecule is Cc1cccn2cc(CN3CCN(C(=O)C=Cc4cc(F)cc(F)c4)CCC3=O)nc12. The molecule has 1 aliphatic rings. The minimum absolute atomic E-state index is 0.0414. The van der Waals surface area contributed by atoms with Crippen LogP contribution in [-0.2, 0) is 16.1 Å². The number of pyridine rings is 1. The van der Waals surface area contributed by atoms with Gasteiger partial charge in [0.25, 0.3) is 0 Å². The Bertz CT molecular complexity index is 1150. The average molecular weight is 424 g/mol. The van der Waals surface area contributed by atoms with E-state index in [1.165, 1.54) is 12.2 Å². The molecular weight excluding hydrogens is 402 g/mol. The van der Waals surface area contributed by atoms with E-state index in [0.29, 0.717) is 26.2 Å². The summed E-state index contributed by atoms with van der Waals surface area (Å²) in [6.07, 6.45) is 6.68. The molecule has 1 aliphatic heterocycles. The van der Waals surface area contributed by atoms with Gasteiger partial charge in [0.2, 0.25) is 11.8 Å². The highest BCUT2D eigenvalue weighted by molar-refractivity contribution is 5.92. The fourth-order valence-electron chi connectivity index (χ4n) is 3.67. The van der Waals surface area contributed by atoms with Crippen LogP contribution in [0.15, 0.2) is 48.8 Å². The summed E-state index contributed by atoms with van der Waals surface area (Å²) in [5.74, 6) is -1.75. The smallest absolute Gasteiger partial charge is 0.246 e. The van der Waals surface area contributed by atoms with E-state index in [2.05, 4.69) is 4.98 Å². The van der Waals surface area contributed by atoms with Crippen LogP contribution in [0, 0.1) is 18.6 Å². The number of aromatic nitrogens is 2. The van der Waals surface area contributed by atoms with Crippen molar-refractivity contribution in [2.24, 2.45) is 0 Å². The lowest BCUT2D eigenvalue weighted by Gasteiger charge is -2.20. The van der Waals surface area contributed by atoms with Crippen molar-refractivity contribution in [3.63, 3.8) is 0 Å². The van der Waals surface area contributed by atoms with Crippen LogP contribution in [-0.4, -0.2) is 50.6 Å². The molecule has 1 aromatic carbocycles. The molecule has 3 aromatic rings. The highest BCUT2D eigenvalue weighted by Crippen LogP contribution is 2.15. The summed E-state index contributed by atoms with van der Waals surface area (Å²) in [7, 11) is 0. The van der Waals surface area contributed by atoms with Crippen LogP contribution in [0.5, 0.6) is 0 Å². The Morgan fingerprint density at radius 1 is 1.16 bits per heavy atom. The summed E-state index contributed by atoms with van der Waals surface area (Å²) in [4.78, 5) is 33.0. The number of nitrogens with zero attached hydrogens (tertiary/aromatic N) is 4. The van der Waals surface area contributed by atoms with E-state index in [0.717, 1.165) is 35.1 Å². The van der Waals surface area contributed by atoms with Gasteiger partial charge in [-0.1, -0.05) is 6.07 Å². The second kappa shape index (κ2) is 8.67. The van der Waals surface area contributed by atoms with Crippen molar-refractivity contribution in [2.45, 2.75) is 19.9 Å². The maximum atomic E-state index is 13.3. The molecule has 8 heteroatoms. The van der Waals surface area contributed by atoms with E-state index in [1.54, 1.807) is 9.80 Å². The largest absolute Gasteiger partial charge is 0.337 e. The number of benzene rings is 1. The number of fused-ring (bicyclic) bond motifs is 1. The van der Waals surface area contributed by atoms with Crippen molar-refractivity contribution >= 4 is 23.5 Å². The van der Waals surface area contributed by atoms with Gasteiger partial charge >= 0.3 is 0 Å². The second-order valence-corrected chi connectivity index (χ2v) is 7.58. The molecular formula is C23H22F2N4O2. The molecule has 0 N–H and O–H groups in total. The Kier molecular flexibility index (Phi) is 5.79. The average Bonchev–Trinajstić information content (AvgIpc) is 3.05. The first kappa shape index (κ1) is 20.7. The van der Waals surface area contributed by atoms with Crippen LogP contribution in [0.1, 0.15) is 23.2 Å². The summed E-state index contributed by atoms with van der Waals surface area (Å²) in [5, 5.41) is 0. The number of imidazole rings is 1. The van der Waals surface area contributed by atoms with Crippen molar-refractivity contribution in [2.75, 3.05) is 19.6 Å². The van der Waals surface area contributed by atoms with E-state index in [-0.39, 0.29) is 23.8 Å². The van der Waals surface area contributed by atoms with Crippen molar-refractivity contribution in [1.29, 1.82) is 0 Å². The highest BCUT2D eigenvalue weighted by Gasteiger charge is 2.23. The number of amides is 2. The third-order valence-corrected chi connectivity index (χ3v) is 5.28. The molecule has 2 aromatic heterocycles. The monoisotopic (exact) mass is 424 g/mol. The van der Waals surface area contributed by atoms with E-state index in [1.807, 2.05) is 35.9 Å². The van der Waals surface area contributed by atoms with Crippen LogP contribution in [0.25, 0.3) is 11.7 Å². The van der Waals surface area contributed by atoms with Gasteiger partial charge < -0.3 is 14.2 Å². The van der Waals surface area contributed by atoms with E-state index < -0.39 is 11.6 Å². The van der Waals surface area contributed by atoms with Gasteiger partial charge in [-0.2, -0.15) is 0 Å². The number of aryl methyl sites for hydroxylation is 1. The molecule has 3 heterocycles. The molecule has 0 aliphatic carbocycles. The third kappa shape index (κ3) is 4.79. The van der Waals surface area contributed by atoms with Gasteiger partial charge in [0, 0.05) is 50.6 Å². The topological polar surface area (TPSA) is 57.9 Å². The van der Waals surface area contributed by atoms with E-state index >= 15 is 0 Å². The fourth-order valence-corrected chi connectivity index (χ4v) is 3.67. The molecule has 0 unspecified atom stereocenters. The van der Waals surface area contributed by atoms with Crippen molar-refractivity contribution < 1.29 is 18.4 Å². The molecule has 160 valence electrons. The lowest BCUT2D eigenvalue weighted by atomic mass is 10.2. The molecule has 0 bridgehead atoms. The van der Waals surface area contributed by atoms with Gasteiger partial charge in [-0.25, -0.2) is 13.8 Å². The van der Waals surface area contributed by atoms with E-state index in [9.17, 15) is 18.4 Å². The van der Waals surface area contributed by atoms with Crippen LogP contribution in [0.3, 0.4) is 0 Å². The summed E-state index contributed by atoms with van der Waals surface area (Å²) in [6.45, 7) is 3.41. The zero-order valence-electron chi connectivity index (χ0n) is 17.1. The molecule has 1 saturated heterocycles. The van der Waals surface area contributed by atoms with Crippen molar-refractivity contribution in [3.8, 4) is 0 Å². The molecule has 4 rings (SSSR count). The number of carbonyl (C=O) groups excluding carboxylic acids is 2. The third-order valence-electron chi connectivity index (χ3n) is 5.28. The van der Waals surface area contributed by atoms with Crippen molar-refractivity contribution in [1.82, 2.24) is 19.2 Å². The molecule has 6 nitrogen and oxygen atoms in total. The Morgan fingerprint density at radius 3 is 2.68 bits per heavy atom. The predicted molar refractivity (Wildman–Crippen MR) is 112 cm³/mol. The maximum absolute atomic E-state index is 13.3. The lowest BCUT2D eigenvalue weighted by Crippen LogP contribution is -2.34. The minimum atomic E-state index is -0.703. The van der Waals surface area contributed by atoms with Crippen LogP contribution >= 0.6 is 0 Å². The summed E-state index contributed by atoms with van der Waals surface area (Å²) >= 11 is 0. The molecule has 2 amide bonds. The van der Waals surface area contributed by atoms with Crippen LogP contribution in [0.2, 0.25) is 0 Å². The van der Waals surface area contributed by atoms with Crippen LogP contribution in [0.4, 0.5) is 8.78 Å². The zero-order chi connectivity index (χ0) is 22.0. The summed E-state index contributed by atoms with van der Waals surface area (Å²) in [5.41, 5.74) is 2.96. The number of rotatable bonds is 4. The summed E-state index contributed by atoms with van der Waals surface area (Å²) < 4.78 is 28.5. The number of halogens is 2. The predicted octanol–water partition coefficient (Wildman–Crippen LogP) is 3.20. The Hall–Kier alpha value is -3.55. The quantitative estimate of drug-likeness (QED) is 0.605. The first-order valence-electron chi connectivity index (χ1n) is 10.0. The molecule has 0 radical (unpaired) electrons.